The van der Waals surface area contributed by atoms with Gasteiger partial charge in [0.2, 0.25) is 5.88 Å². The number of aryl methyl sites for hydroxylation is 1. The number of halogens is 1. The highest BCUT2D eigenvalue weighted by molar-refractivity contribution is 5.59. The summed E-state index contributed by atoms with van der Waals surface area (Å²) in [6, 6.07) is 9.18. The maximum Gasteiger partial charge on any atom is 0.233 e. The van der Waals surface area contributed by atoms with E-state index in [0.29, 0.717) is 18.2 Å². The molecule has 3 rings (SSSR count). The van der Waals surface area contributed by atoms with Crippen LogP contribution in [0.2, 0.25) is 0 Å². The number of nitrogens with zero attached hydrogens (tertiary/aromatic N) is 2. The molecule has 1 aromatic carbocycles. The first-order chi connectivity index (χ1) is 15.7. The Morgan fingerprint density at radius 2 is 1.59 bits per heavy atom. The third-order valence-corrected chi connectivity index (χ3v) is 6.99. The van der Waals surface area contributed by atoms with Gasteiger partial charge in [0.15, 0.2) is 0 Å². The van der Waals surface area contributed by atoms with Crippen molar-refractivity contribution in [3.63, 3.8) is 0 Å². The first-order valence-corrected chi connectivity index (χ1v) is 12.9. The fourth-order valence-electron chi connectivity index (χ4n) is 4.83. The van der Waals surface area contributed by atoms with E-state index in [9.17, 15) is 4.39 Å². The fraction of sp³-hybridized carbons (Fsp3) is 0.643. The van der Waals surface area contributed by atoms with Crippen molar-refractivity contribution in [2.45, 2.75) is 97.3 Å². The molecule has 1 heterocycles. The number of unbranched alkanes of at least 4 members (excludes halogenated alkanes) is 4. The van der Waals surface area contributed by atoms with Crippen LogP contribution >= 0.6 is 0 Å². The summed E-state index contributed by atoms with van der Waals surface area (Å²) in [7, 11) is 0. The van der Waals surface area contributed by atoms with Crippen LogP contribution in [0.1, 0.15) is 96.5 Å². The summed E-state index contributed by atoms with van der Waals surface area (Å²) in [5.41, 5.74) is 2.27. The topological polar surface area (TPSA) is 35.0 Å². The van der Waals surface area contributed by atoms with Gasteiger partial charge in [-0.05, 0) is 48.8 Å². The van der Waals surface area contributed by atoms with Crippen molar-refractivity contribution in [3.8, 4) is 17.1 Å². The van der Waals surface area contributed by atoms with Crippen LogP contribution in [-0.4, -0.2) is 16.8 Å². The Labute approximate surface area is 194 Å². The smallest absolute Gasteiger partial charge is 0.233 e. The molecular weight excluding hydrogens is 399 g/mol. The summed E-state index contributed by atoms with van der Waals surface area (Å²) in [5, 5.41) is 8.39. The zero-order chi connectivity index (χ0) is 22.6. The lowest BCUT2D eigenvalue weighted by molar-refractivity contribution is 0.249. The highest BCUT2D eigenvalue weighted by Crippen LogP contribution is 2.34. The molecule has 1 aliphatic rings. The lowest BCUT2D eigenvalue weighted by Gasteiger charge is -2.28. The SMILES string of the molecule is CCCCCCOc1ccc(-c2ccc(CCC3CCC(CCCC)CC3)c(F)c2)nn1. The Kier molecular flexibility index (Phi) is 10.4. The number of benzene rings is 1. The third kappa shape index (κ3) is 7.86. The minimum absolute atomic E-state index is 0.128. The Morgan fingerprint density at radius 3 is 2.25 bits per heavy atom. The average Bonchev–Trinajstić information content (AvgIpc) is 2.83. The van der Waals surface area contributed by atoms with E-state index in [1.165, 1.54) is 64.2 Å². The maximum atomic E-state index is 14.8. The zero-order valence-electron chi connectivity index (χ0n) is 20.1. The van der Waals surface area contributed by atoms with Crippen molar-refractivity contribution in [1.29, 1.82) is 0 Å². The second-order valence-electron chi connectivity index (χ2n) is 9.54. The molecule has 3 nitrogen and oxygen atoms in total. The molecule has 1 aliphatic carbocycles. The van der Waals surface area contributed by atoms with Gasteiger partial charge in [-0.1, -0.05) is 90.2 Å². The van der Waals surface area contributed by atoms with Crippen LogP contribution in [-0.2, 0) is 6.42 Å². The van der Waals surface area contributed by atoms with Crippen LogP contribution in [0, 0.1) is 17.7 Å². The molecule has 0 atom stereocenters. The Bertz CT molecular complexity index is 785. The molecule has 2 aromatic rings. The average molecular weight is 441 g/mol. The van der Waals surface area contributed by atoms with Gasteiger partial charge >= 0.3 is 0 Å². The molecule has 0 aliphatic heterocycles. The van der Waals surface area contributed by atoms with Crippen molar-refractivity contribution >= 4 is 0 Å². The lowest BCUT2D eigenvalue weighted by atomic mass is 9.78. The molecule has 0 saturated heterocycles. The van der Waals surface area contributed by atoms with Gasteiger partial charge in [-0.25, -0.2) is 4.39 Å². The van der Waals surface area contributed by atoms with Crippen LogP contribution in [0.15, 0.2) is 30.3 Å². The second kappa shape index (κ2) is 13.5. The molecule has 0 amide bonds. The molecule has 0 bridgehead atoms. The third-order valence-electron chi connectivity index (χ3n) is 6.99. The van der Waals surface area contributed by atoms with Gasteiger partial charge in [0, 0.05) is 11.6 Å². The number of rotatable bonds is 13. The van der Waals surface area contributed by atoms with Gasteiger partial charge in [0.25, 0.3) is 0 Å². The minimum Gasteiger partial charge on any atom is -0.477 e. The first-order valence-electron chi connectivity index (χ1n) is 12.9. The maximum absolute atomic E-state index is 14.8. The highest BCUT2D eigenvalue weighted by atomic mass is 19.1. The zero-order valence-corrected chi connectivity index (χ0v) is 20.1. The first kappa shape index (κ1) is 24.7. The van der Waals surface area contributed by atoms with Gasteiger partial charge in [-0.3, -0.25) is 0 Å². The summed E-state index contributed by atoms with van der Waals surface area (Å²) in [6.07, 6.45) is 16.0. The molecule has 176 valence electrons. The summed E-state index contributed by atoms with van der Waals surface area (Å²) < 4.78 is 20.4. The van der Waals surface area contributed by atoms with E-state index in [0.717, 1.165) is 42.2 Å². The van der Waals surface area contributed by atoms with Crippen molar-refractivity contribution in [2.24, 2.45) is 11.8 Å². The van der Waals surface area contributed by atoms with Crippen LogP contribution in [0.3, 0.4) is 0 Å². The van der Waals surface area contributed by atoms with Crippen LogP contribution in [0.25, 0.3) is 11.3 Å². The van der Waals surface area contributed by atoms with E-state index in [-0.39, 0.29) is 5.82 Å². The predicted octanol–water partition coefficient (Wildman–Crippen LogP) is 8.17. The van der Waals surface area contributed by atoms with E-state index in [1.807, 2.05) is 24.3 Å². The van der Waals surface area contributed by atoms with E-state index in [4.69, 9.17) is 4.74 Å². The van der Waals surface area contributed by atoms with Crippen LogP contribution in [0.4, 0.5) is 4.39 Å². The number of hydrogen-bond acceptors (Lipinski definition) is 3. The molecule has 0 unspecified atom stereocenters. The van der Waals surface area contributed by atoms with Gasteiger partial charge in [-0.2, -0.15) is 0 Å². The molecule has 0 radical (unpaired) electrons. The molecule has 1 saturated carbocycles. The second-order valence-corrected chi connectivity index (χ2v) is 9.54. The molecule has 1 aromatic heterocycles. The molecule has 32 heavy (non-hydrogen) atoms. The summed E-state index contributed by atoms with van der Waals surface area (Å²) in [6.45, 7) is 5.14. The standard InChI is InChI=1S/C28H41FN2O/c1-3-5-7-8-20-32-28-19-18-27(30-31-28)25-17-16-24(26(29)21-25)15-14-23-12-10-22(11-13-23)9-6-4-2/h16-19,21-23H,3-15,20H2,1-2H3. The van der Waals surface area contributed by atoms with Gasteiger partial charge in [-0.15, -0.1) is 10.2 Å². The van der Waals surface area contributed by atoms with Crippen LogP contribution in [0.5, 0.6) is 5.88 Å². The Morgan fingerprint density at radius 1 is 0.844 bits per heavy atom. The van der Waals surface area contributed by atoms with E-state index in [2.05, 4.69) is 24.0 Å². The minimum atomic E-state index is -0.128. The van der Waals surface area contributed by atoms with E-state index < -0.39 is 0 Å². The molecule has 0 N–H and O–H groups in total. The molecule has 1 fully saturated rings. The summed E-state index contributed by atoms with van der Waals surface area (Å²) >= 11 is 0. The number of ether oxygens (including phenoxy) is 1. The molecule has 0 spiro atoms. The largest absolute Gasteiger partial charge is 0.477 e. The monoisotopic (exact) mass is 440 g/mol. The van der Waals surface area contributed by atoms with Crippen molar-refractivity contribution < 1.29 is 9.13 Å². The normalized spacial score (nSPS) is 18.6. The van der Waals surface area contributed by atoms with Gasteiger partial charge in [0.05, 0.1) is 12.3 Å². The van der Waals surface area contributed by atoms with Crippen molar-refractivity contribution in [2.75, 3.05) is 6.61 Å². The number of aromatic nitrogens is 2. The predicted molar refractivity (Wildman–Crippen MR) is 130 cm³/mol. The number of hydrogen-bond donors (Lipinski definition) is 0. The van der Waals surface area contributed by atoms with Gasteiger partial charge < -0.3 is 4.74 Å². The Hall–Kier alpha value is -1.97. The summed E-state index contributed by atoms with van der Waals surface area (Å²) in [4.78, 5) is 0. The molecule has 4 heteroatoms. The molecular formula is C28H41FN2O. The Balaban J connectivity index is 1.45. The van der Waals surface area contributed by atoms with Crippen molar-refractivity contribution in [1.82, 2.24) is 10.2 Å². The van der Waals surface area contributed by atoms with Crippen LogP contribution < -0.4 is 4.74 Å². The van der Waals surface area contributed by atoms with E-state index in [1.54, 1.807) is 6.07 Å². The quantitative estimate of drug-likeness (QED) is 0.295. The van der Waals surface area contributed by atoms with Gasteiger partial charge in [0.1, 0.15) is 5.82 Å². The lowest BCUT2D eigenvalue weighted by Crippen LogP contribution is -2.15. The van der Waals surface area contributed by atoms with E-state index >= 15 is 0 Å². The van der Waals surface area contributed by atoms with Crippen molar-refractivity contribution in [3.05, 3.63) is 41.7 Å². The highest BCUT2D eigenvalue weighted by Gasteiger charge is 2.21. The fourth-order valence-corrected chi connectivity index (χ4v) is 4.83. The summed E-state index contributed by atoms with van der Waals surface area (Å²) in [5.74, 6) is 2.09.